The molecule has 1 amide bonds. The molecule has 1 aliphatic rings. The summed E-state index contributed by atoms with van der Waals surface area (Å²) in [5.41, 5.74) is 3.58. The van der Waals surface area contributed by atoms with Crippen molar-refractivity contribution in [1.29, 1.82) is 0 Å². The molecule has 0 saturated heterocycles. The summed E-state index contributed by atoms with van der Waals surface area (Å²) in [6.07, 6.45) is 5.67. The Balaban J connectivity index is 1.79. The molecule has 0 spiro atoms. The van der Waals surface area contributed by atoms with Crippen LogP contribution in [-0.2, 0) is 0 Å². The van der Waals surface area contributed by atoms with Crippen molar-refractivity contribution in [3.8, 4) is 16.5 Å². The number of thiophene rings is 1. The van der Waals surface area contributed by atoms with Crippen LogP contribution in [0.1, 0.15) is 54.2 Å². The van der Waals surface area contributed by atoms with Crippen molar-refractivity contribution in [2.45, 2.75) is 39.5 Å². The van der Waals surface area contributed by atoms with Crippen molar-refractivity contribution < 1.29 is 4.79 Å². The van der Waals surface area contributed by atoms with E-state index < -0.39 is 0 Å². The van der Waals surface area contributed by atoms with Gasteiger partial charge in [0, 0.05) is 25.2 Å². The van der Waals surface area contributed by atoms with Crippen LogP contribution in [-0.4, -0.2) is 43.6 Å². The van der Waals surface area contributed by atoms with Crippen LogP contribution in [0, 0.1) is 6.92 Å². The lowest BCUT2D eigenvalue weighted by Gasteiger charge is -2.18. The molecule has 7 heteroatoms. The number of hydrogen-bond acceptors (Lipinski definition) is 5. The van der Waals surface area contributed by atoms with E-state index in [1.165, 1.54) is 0 Å². The topological polar surface area (TPSA) is 63.9 Å². The Labute approximate surface area is 162 Å². The van der Waals surface area contributed by atoms with Crippen molar-refractivity contribution >= 4 is 17.2 Å². The van der Waals surface area contributed by atoms with Crippen LogP contribution in [0.25, 0.3) is 16.5 Å². The lowest BCUT2D eigenvalue weighted by Crippen LogP contribution is -2.31. The largest absolute Gasteiger partial charge is 0.339 e. The molecule has 0 aliphatic heterocycles. The van der Waals surface area contributed by atoms with Gasteiger partial charge in [0.05, 0.1) is 28.0 Å². The van der Waals surface area contributed by atoms with Crippen LogP contribution in [0.3, 0.4) is 0 Å². The zero-order chi connectivity index (χ0) is 19.0. The van der Waals surface area contributed by atoms with E-state index in [4.69, 9.17) is 4.98 Å². The van der Waals surface area contributed by atoms with Gasteiger partial charge in [0.2, 0.25) is 0 Å². The van der Waals surface area contributed by atoms with Gasteiger partial charge in [-0.05, 0) is 50.6 Å². The highest BCUT2D eigenvalue weighted by Crippen LogP contribution is 2.42. The van der Waals surface area contributed by atoms with Crippen molar-refractivity contribution in [1.82, 2.24) is 24.6 Å². The predicted octanol–water partition coefficient (Wildman–Crippen LogP) is 4.06. The molecule has 0 radical (unpaired) electrons. The summed E-state index contributed by atoms with van der Waals surface area (Å²) in [5.74, 6) is 0.931. The lowest BCUT2D eigenvalue weighted by atomic mass is 10.1. The molecule has 140 valence electrons. The Hall–Kier alpha value is -2.54. The van der Waals surface area contributed by atoms with Gasteiger partial charge in [-0.3, -0.25) is 4.79 Å². The summed E-state index contributed by atoms with van der Waals surface area (Å²) in [6.45, 7) is 7.39. The fourth-order valence-electron chi connectivity index (χ4n) is 3.31. The van der Waals surface area contributed by atoms with Crippen LogP contribution in [0.5, 0.6) is 0 Å². The average molecular weight is 382 g/mol. The van der Waals surface area contributed by atoms with Crippen molar-refractivity contribution in [2.24, 2.45) is 0 Å². The normalized spacial score (nSPS) is 13.7. The molecular weight excluding hydrogens is 358 g/mol. The maximum absolute atomic E-state index is 12.9. The summed E-state index contributed by atoms with van der Waals surface area (Å²) in [5, 5.41) is 6.56. The fraction of sp³-hybridized carbons (Fsp3) is 0.400. The van der Waals surface area contributed by atoms with Crippen molar-refractivity contribution in [3.05, 3.63) is 46.7 Å². The third-order valence-electron chi connectivity index (χ3n) is 4.95. The van der Waals surface area contributed by atoms with E-state index in [0.29, 0.717) is 30.5 Å². The minimum absolute atomic E-state index is 0.0405. The number of hydrogen-bond donors (Lipinski definition) is 0. The summed E-state index contributed by atoms with van der Waals surface area (Å²) >= 11 is 1.66. The SMILES string of the molecule is CCN(CC)C(=O)c1cnn(-c2ncc(C)c(-c3cccs3)n2)c1C1CC1. The molecule has 3 aromatic rings. The van der Waals surface area contributed by atoms with E-state index in [1.54, 1.807) is 22.2 Å². The first-order chi connectivity index (χ1) is 13.1. The zero-order valence-corrected chi connectivity index (χ0v) is 16.7. The van der Waals surface area contributed by atoms with Crippen LogP contribution in [0.4, 0.5) is 0 Å². The molecule has 0 atom stereocenters. The van der Waals surface area contributed by atoms with Crippen LogP contribution >= 0.6 is 11.3 Å². The molecule has 1 saturated carbocycles. The van der Waals surface area contributed by atoms with Crippen LogP contribution < -0.4 is 0 Å². The van der Waals surface area contributed by atoms with Gasteiger partial charge >= 0.3 is 0 Å². The highest BCUT2D eigenvalue weighted by molar-refractivity contribution is 7.13. The zero-order valence-electron chi connectivity index (χ0n) is 15.8. The second-order valence-electron chi connectivity index (χ2n) is 6.79. The first kappa shape index (κ1) is 17.9. The molecule has 6 nitrogen and oxygen atoms in total. The second-order valence-corrected chi connectivity index (χ2v) is 7.73. The number of nitrogens with zero attached hydrogens (tertiary/aromatic N) is 5. The summed E-state index contributed by atoms with van der Waals surface area (Å²) in [6, 6.07) is 4.08. The predicted molar refractivity (Wildman–Crippen MR) is 106 cm³/mol. The summed E-state index contributed by atoms with van der Waals surface area (Å²) in [4.78, 5) is 25.2. The van der Waals surface area contributed by atoms with Gasteiger partial charge in [-0.1, -0.05) is 6.07 Å². The molecule has 4 rings (SSSR count). The quantitative estimate of drug-likeness (QED) is 0.646. The third kappa shape index (κ3) is 3.27. The Morgan fingerprint density at radius 2 is 2.07 bits per heavy atom. The molecule has 0 bridgehead atoms. The van der Waals surface area contributed by atoms with E-state index in [2.05, 4.69) is 16.1 Å². The van der Waals surface area contributed by atoms with Gasteiger partial charge in [-0.2, -0.15) is 5.10 Å². The first-order valence-corrected chi connectivity index (χ1v) is 10.3. The molecular formula is C20H23N5OS. The lowest BCUT2D eigenvalue weighted by molar-refractivity contribution is 0.0772. The van der Waals surface area contributed by atoms with E-state index in [1.807, 2.05) is 43.3 Å². The Morgan fingerprint density at radius 1 is 1.30 bits per heavy atom. The number of rotatable bonds is 6. The Morgan fingerprint density at radius 3 is 2.70 bits per heavy atom. The minimum Gasteiger partial charge on any atom is -0.339 e. The molecule has 3 heterocycles. The minimum atomic E-state index is 0.0405. The smallest absolute Gasteiger partial charge is 0.257 e. The van der Waals surface area contributed by atoms with E-state index in [0.717, 1.165) is 34.7 Å². The summed E-state index contributed by atoms with van der Waals surface area (Å²) < 4.78 is 1.77. The van der Waals surface area contributed by atoms with E-state index in [9.17, 15) is 4.79 Å². The molecule has 0 aromatic carbocycles. The Kier molecular flexibility index (Phi) is 4.78. The van der Waals surface area contributed by atoms with Gasteiger partial charge < -0.3 is 4.90 Å². The molecule has 0 unspecified atom stereocenters. The monoisotopic (exact) mass is 381 g/mol. The standard InChI is InChI=1S/C20H23N5OS/c1-4-24(5-2)19(26)15-12-22-25(18(15)14-8-9-14)20-21-11-13(3)17(23-20)16-7-6-10-27-16/h6-7,10-12,14H,4-5,8-9H2,1-3H3. The molecule has 0 N–H and O–H groups in total. The number of carbonyl (C=O) groups is 1. The maximum atomic E-state index is 12.9. The van der Waals surface area contributed by atoms with E-state index in [-0.39, 0.29) is 5.91 Å². The highest BCUT2D eigenvalue weighted by Gasteiger charge is 2.34. The second kappa shape index (κ2) is 7.23. The van der Waals surface area contributed by atoms with Crippen molar-refractivity contribution in [3.63, 3.8) is 0 Å². The van der Waals surface area contributed by atoms with E-state index >= 15 is 0 Å². The van der Waals surface area contributed by atoms with Crippen LogP contribution in [0.2, 0.25) is 0 Å². The Bertz CT molecular complexity index is 955. The molecule has 1 fully saturated rings. The third-order valence-corrected chi connectivity index (χ3v) is 5.83. The van der Waals surface area contributed by atoms with Crippen molar-refractivity contribution in [2.75, 3.05) is 13.1 Å². The number of aromatic nitrogens is 4. The summed E-state index contributed by atoms with van der Waals surface area (Å²) in [7, 11) is 0. The average Bonchev–Trinajstić information content (AvgIpc) is 3.20. The van der Waals surface area contributed by atoms with Gasteiger partial charge in [0.25, 0.3) is 11.9 Å². The van der Waals surface area contributed by atoms with Gasteiger partial charge in [-0.25, -0.2) is 14.6 Å². The number of aryl methyl sites for hydroxylation is 1. The highest BCUT2D eigenvalue weighted by atomic mass is 32.1. The van der Waals surface area contributed by atoms with Gasteiger partial charge in [-0.15, -0.1) is 11.3 Å². The number of amides is 1. The molecule has 1 aliphatic carbocycles. The maximum Gasteiger partial charge on any atom is 0.257 e. The van der Waals surface area contributed by atoms with Gasteiger partial charge in [0.15, 0.2) is 0 Å². The molecule has 27 heavy (non-hydrogen) atoms. The van der Waals surface area contributed by atoms with Crippen LogP contribution in [0.15, 0.2) is 29.9 Å². The first-order valence-electron chi connectivity index (χ1n) is 9.39. The molecule has 3 aromatic heterocycles. The fourth-order valence-corrected chi connectivity index (χ4v) is 4.09. The van der Waals surface area contributed by atoms with Gasteiger partial charge in [0.1, 0.15) is 0 Å². The number of carbonyl (C=O) groups excluding carboxylic acids is 1.